The number of hydrogen-bond acceptors (Lipinski definition) is 3. The predicted octanol–water partition coefficient (Wildman–Crippen LogP) is 2.28. The molecule has 0 unspecified atom stereocenters. The van der Waals surface area contributed by atoms with Gasteiger partial charge >= 0.3 is 0 Å². The Morgan fingerprint density at radius 1 is 1.00 bits per heavy atom. The van der Waals surface area contributed by atoms with Crippen molar-refractivity contribution in [2.75, 3.05) is 40.3 Å². The molecule has 0 radical (unpaired) electrons. The normalized spacial score (nSPS) is 31.9. The van der Waals surface area contributed by atoms with Crippen LogP contribution in [0.4, 0.5) is 0 Å². The molecule has 0 amide bonds. The van der Waals surface area contributed by atoms with E-state index < -0.39 is 0 Å². The van der Waals surface area contributed by atoms with E-state index in [2.05, 4.69) is 49.6 Å². The van der Waals surface area contributed by atoms with E-state index in [0.717, 1.165) is 12.1 Å². The molecular weight excluding hydrogens is 234 g/mol. The molecule has 1 aliphatic carbocycles. The molecule has 0 spiro atoms. The summed E-state index contributed by atoms with van der Waals surface area (Å²) in [4.78, 5) is 7.82. The number of rotatable bonds is 2. The average Bonchev–Trinajstić information content (AvgIpc) is 2.38. The third-order valence-electron chi connectivity index (χ3n) is 5.28. The van der Waals surface area contributed by atoms with Crippen molar-refractivity contribution < 1.29 is 0 Å². The van der Waals surface area contributed by atoms with Gasteiger partial charge in [-0.05, 0) is 54.1 Å². The Balaban J connectivity index is 1.90. The van der Waals surface area contributed by atoms with Gasteiger partial charge in [-0.1, -0.05) is 6.42 Å². The Labute approximate surface area is 119 Å². The topological polar surface area (TPSA) is 9.72 Å². The van der Waals surface area contributed by atoms with Crippen LogP contribution in [0.2, 0.25) is 0 Å². The highest BCUT2D eigenvalue weighted by molar-refractivity contribution is 4.89. The zero-order valence-electron chi connectivity index (χ0n) is 13.7. The smallest absolute Gasteiger partial charge is 0.0124 e. The largest absolute Gasteiger partial charge is 0.304 e. The summed E-state index contributed by atoms with van der Waals surface area (Å²) in [5.41, 5.74) is 0.300. The minimum absolute atomic E-state index is 0.300. The fourth-order valence-electron chi connectivity index (χ4n) is 3.56. The van der Waals surface area contributed by atoms with Crippen LogP contribution in [-0.4, -0.2) is 72.6 Å². The SMILES string of the molecule is CN1CCN([C@H]2CCC[C@@H](N(C)C(C)(C)C)C2)CC1. The monoisotopic (exact) mass is 267 g/mol. The highest BCUT2D eigenvalue weighted by Gasteiger charge is 2.33. The van der Waals surface area contributed by atoms with Crippen LogP contribution in [-0.2, 0) is 0 Å². The minimum atomic E-state index is 0.300. The standard InChI is InChI=1S/C16H33N3/c1-16(2,3)18(5)14-7-6-8-15(13-14)19-11-9-17(4)10-12-19/h14-15H,6-13H2,1-5H3/t14-,15+/m1/s1. The van der Waals surface area contributed by atoms with Crippen molar-refractivity contribution in [1.29, 1.82) is 0 Å². The van der Waals surface area contributed by atoms with Crippen molar-refractivity contribution in [3.05, 3.63) is 0 Å². The van der Waals surface area contributed by atoms with Gasteiger partial charge < -0.3 is 4.90 Å². The van der Waals surface area contributed by atoms with E-state index in [9.17, 15) is 0 Å². The maximum atomic E-state index is 2.75. The first-order chi connectivity index (χ1) is 8.88. The lowest BCUT2D eigenvalue weighted by atomic mass is 9.87. The predicted molar refractivity (Wildman–Crippen MR) is 82.6 cm³/mol. The molecule has 2 atom stereocenters. The molecule has 0 N–H and O–H groups in total. The van der Waals surface area contributed by atoms with Gasteiger partial charge in [0.25, 0.3) is 0 Å². The molecule has 2 rings (SSSR count). The number of hydrogen-bond donors (Lipinski definition) is 0. The van der Waals surface area contributed by atoms with Gasteiger partial charge in [-0.15, -0.1) is 0 Å². The van der Waals surface area contributed by atoms with Gasteiger partial charge in [-0.2, -0.15) is 0 Å². The number of nitrogens with zero attached hydrogens (tertiary/aromatic N) is 3. The van der Waals surface area contributed by atoms with E-state index in [1.807, 2.05) is 0 Å². The quantitative estimate of drug-likeness (QED) is 0.760. The van der Waals surface area contributed by atoms with E-state index in [1.54, 1.807) is 0 Å². The molecule has 3 heteroatoms. The zero-order valence-corrected chi connectivity index (χ0v) is 13.7. The van der Waals surface area contributed by atoms with E-state index in [0.29, 0.717) is 5.54 Å². The molecule has 3 nitrogen and oxygen atoms in total. The molecule has 0 aromatic heterocycles. The molecule has 1 saturated carbocycles. The second-order valence-electron chi connectivity index (χ2n) is 7.60. The summed E-state index contributed by atoms with van der Waals surface area (Å²) in [5, 5.41) is 0. The van der Waals surface area contributed by atoms with E-state index in [-0.39, 0.29) is 0 Å². The highest BCUT2D eigenvalue weighted by atomic mass is 15.3. The van der Waals surface area contributed by atoms with Gasteiger partial charge in [0.2, 0.25) is 0 Å². The first kappa shape index (κ1) is 15.3. The molecule has 1 heterocycles. The lowest BCUT2D eigenvalue weighted by Crippen LogP contribution is -2.54. The van der Waals surface area contributed by atoms with Crippen molar-refractivity contribution in [3.8, 4) is 0 Å². The first-order valence-corrected chi connectivity index (χ1v) is 8.03. The zero-order chi connectivity index (χ0) is 14.0. The van der Waals surface area contributed by atoms with Crippen molar-refractivity contribution in [1.82, 2.24) is 14.7 Å². The van der Waals surface area contributed by atoms with Crippen LogP contribution in [0.25, 0.3) is 0 Å². The summed E-state index contributed by atoms with van der Waals surface area (Å²) < 4.78 is 0. The maximum Gasteiger partial charge on any atom is 0.0124 e. The minimum Gasteiger partial charge on any atom is -0.304 e. The first-order valence-electron chi connectivity index (χ1n) is 8.03. The lowest BCUT2D eigenvalue weighted by Gasteiger charge is -2.46. The van der Waals surface area contributed by atoms with Gasteiger partial charge in [-0.3, -0.25) is 9.80 Å². The van der Waals surface area contributed by atoms with Crippen molar-refractivity contribution in [2.45, 2.75) is 64.1 Å². The summed E-state index contributed by atoms with van der Waals surface area (Å²) in [5.74, 6) is 0. The summed E-state index contributed by atoms with van der Waals surface area (Å²) in [6.07, 6.45) is 5.58. The van der Waals surface area contributed by atoms with Crippen molar-refractivity contribution in [3.63, 3.8) is 0 Å². The van der Waals surface area contributed by atoms with Crippen LogP contribution in [0.5, 0.6) is 0 Å². The molecule has 0 aromatic rings. The van der Waals surface area contributed by atoms with Crippen LogP contribution >= 0.6 is 0 Å². The third-order valence-corrected chi connectivity index (χ3v) is 5.28. The van der Waals surface area contributed by atoms with E-state index >= 15 is 0 Å². The van der Waals surface area contributed by atoms with Gasteiger partial charge in [0.1, 0.15) is 0 Å². The Hall–Kier alpha value is -0.120. The molecule has 1 saturated heterocycles. The van der Waals surface area contributed by atoms with E-state index in [1.165, 1.54) is 51.9 Å². The van der Waals surface area contributed by atoms with Gasteiger partial charge in [0.05, 0.1) is 0 Å². The molecule has 2 aliphatic rings. The average molecular weight is 267 g/mol. The molecule has 0 bridgehead atoms. The van der Waals surface area contributed by atoms with Gasteiger partial charge in [0.15, 0.2) is 0 Å². The molecule has 112 valence electrons. The Morgan fingerprint density at radius 2 is 1.63 bits per heavy atom. The Kier molecular flexibility index (Phi) is 4.91. The van der Waals surface area contributed by atoms with Crippen LogP contribution < -0.4 is 0 Å². The summed E-state index contributed by atoms with van der Waals surface area (Å²) in [7, 11) is 4.56. The van der Waals surface area contributed by atoms with Gasteiger partial charge in [-0.25, -0.2) is 0 Å². The fraction of sp³-hybridized carbons (Fsp3) is 1.00. The van der Waals surface area contributed by atoms with Crippen LogP contribution in [0.3, 0.4) is 0 Å². The molecule has 2 fully saturated rings. The van der Waals surface area contributed by atoms with Crippen LogP contribution in [0.1, 0.15) is 46.5 Å². The second-order valence-corrected chi connectivity index (χ2v) is 7.60. The van der Waals surface area contributed by atoms with E-state index in [4.69, 9.17) is 0 Å². The second kappa shape index (κ2) is 6.11. The summed E-state index contributed by atoms with van der Waals surface area (Å²) in [6.45, 7) is 12.1. The van der Waals surface area contributed by atoms with Crippen LogP contribution in [0, 0.1) is 0 Å². The third kappa shape index (κ3) is 3.93. The van der Waals surface area contributed by atoms with Crippen LogP contribution in [0.15, 0.2) is 0 Å². The van der Waals surface area contributed by atoms with Gasteiger partial charge in [0, 0.05) is 43.8 Å². The molecule has 19 heavy (non-hydrogen) atoms. The number of piperazine rings is 1. The Morgan fingerprint density at radius 3 is 2.21 bits per heavy atom. The van der Waals surface area contributed by atoms with Crippen molar-refractivity contribution >= 4 is 0 Å². The number of likely N-dealkylation sites (N-methyl/N-ethyl adjacent to an activating group) is 1. The molecular formula is C16H33N3. The maximum absolute atomic E-state index is 2.75. The highest BCUT2D eigenvalue weighted by Crippen LogP contribution is 2.29. The molecule has 0 aromatic carbocycles. The molecule has 1 aliphatic heterocycles. The summed E-state index contributed by atoms with van der Waals surface area (Å²) in [6, 6.07) is 1.61. The lowest BCUT2D eigenvalue weighted by molar-refractivity contribution is 0.0341. The fourth-order valence-corrected chi connectivity index (χ4v) is 3.56. The Bertz CT molecular complexity index is 276. The summed E-state index contributed by atoms with van der Waals surface area (Å²) >= 11 is 0. The van der Waals surface area contributed by atoms with Crippen molar-refractivity contribution in [2.24, 2.45) is 0 Å².